The Hall–Kier alpha value is -3.48. The number of pyridine rings is 1. The van der Waals surface area contributed by atoms with E-state index in [-0.39, 0.29) is 10.9 Å². The number of carbonyl (C=O) groups is 2. The van der Waals surface area contributed by atoms with Gasteiger partial charge in [0.25, 0.3) is 11.8 Å². The molecule has 0 spiro atoms. The standard InChI is InChI=1S/C20H18F5N3O5/c1-19(20(23,24)25)8-11(10-3-4-12(21)14(22)15(10)32-2)16(33-19)18(30)27-9-5-6-28(31)13(7-9)17(26)29/h3-7,11,16,31H,8H2,1-2H3,(H2,26,29)/t11-,16+,19-/m0/s1. The van der Waals surface area contributed by atoms with Crippen LogP contribution in [0.1, 0.15) is 35.3 Å². The van der Waals surface area contributed by atoms with E-state index in [1.54, 1.807) is 0 Å². The molecule has 0 radical (unpaired) electrons. The lowest BCUT2D eigenvalue weighted by atomic mass is 9.86. The van der Waals surface area contributed by atoms with E-state index in [2.05, 4.69) is 4.99 Å². The van der Waals surface area contributed by atoms with Gasteiger partial charge >= 0.3 is 6.18 Å². The van der Waals surface area contributed by atoms with Crippen LogP contribution in [0.5, 0.6) is 5.75 Å². The van der Waals surface area contributed by atoms with Gasteiger partial charge in [0.1, 0.15) is 11.8 Å². The van der Waals surface area contributed by atoms with E-state index in [9.17, 15) is 36.7 Å². The third kappa shape index (κ3) is 4.40. The van der Waals surface area contributed by atoms with Crippen molar-refractivity contribution in [1.29, 1.82) is 0 Å². The van der Waals surface area contributed by atoms with Crippen LogP contribution < -0.4 is 15.8 Å². The Morgan fingerprint density at radius 2 is 1.97 bits per heavy atom. The number of halogens is 5. The molecule has 1 fully saturated rings. The van der Waals surface area contributed by atoms with Crippen LogP contribution in [0.2, 0.25) is 0 Å². The predicted octanol–water partition coefficient (Wildman–Crippen LogP) is 2.43. The number of ether oxygens (including phenoxy) is 2. The summed E-state index contributed by atoms with van der Waals surface area (Å²) in [4.78, 5) is 27.9. The van der Waals surface area contributed by atoms with Crippen LogP contribution in [0.4, 0.5) is 22.0 Å². The molecule has 1 aromatic heterocycles. The Morgan fingerprint density at radius 3 is 2.55 bits per heavy atom. The normalized spacial score (nSPS) is 23.5. The van der Waals surface area contributed by atoms with Crippen LogP contribution in [0.25, 0.3) is 0 Å². The van der Waals surface area contributed by atoms with Crippen LogP contribution in [-0.2, 0) is 9.53 Å². The van der Waals surface area contributed by atoms with E-state index in [4.69, 9.17) is 15.2 Å². The lowest BCUT2D eigenvalue weighted by Crippen LogP contribution is -2.43. The molecule has 8 nitrogen and oxygen atoms in total. The topological polar surface area (TPSA) is 116 Å². The molecule has 1 aliphatic rings. The van der Waals surface area contributed by atoms with Crippen molar-refractivity contribution in [3.8, 4) is 5.75 Å². The summed E-state index contributed by atoms with van der Waals surface area (Å²) in [6, 6.07) is 3.74. The lowest BCUT2D eigenvalue weighted by molar-refractivity contribution is -0.262. The second kappa shape index (κ2) is 8.46. The first-order chi connectivity index (χ1) is 15.3. The molecule has 3 N–H and O–H groups in total. The molecule has 0 unspecified atom stereocenters. The monoisotopic (exact) mass is 475 g/mol. The number of hydrogen-bond acceptors (Lipinski definition) is 5. The Kier molecular flexibility index (Phi) is 6.20. The maximum atomic E-state index is 14.2. The molecule has 3 rings (SSSR count). The van der Waals surface area contributed by atoms with E-state index >= 15 is 0 Å². The van der Waals surface area contributed by atoms with Crippen LogP contribution >= 0.6 is 0 Å². The van der Waals surface area contributed by atoms with E-state index in [1.165, 1.54) is 0 Å². The van der Waals surface area contributed by atoms with Gasteiger partial charge in [-0.25, -0.2) is 9.38 Å². The summed E-state index contributed by atoms with van der Waals surface area (Å²) in [5.74, 6) is -7.04. The summed E-state index contributed by atoms with van der Waals surface area (Å²) in [6.45, 7) is 0.724. The number of methoxy groups -OCH3 is 1. The highest BCUT2D eigenvalue weighted by atomic mass is 19.4. The van der Waals surface area contributed by atoms with Gasteiger partial charge < -0.3 is 20.4 Å². The van der Waals surface area contributed by atoms with E-state index in [0.29, 0.717) is 10.8 Å². The van der Waals surface area contributed by atoms with Gasteiger partial charge in [-0.3, -0.25) is 9.59 Å². The molecule has 3 atom stereocenters. The third-order valence-corrected chi connectivity index (χ3v) is 5.30. The summed E-state index contributed by atoms with van der Waals surface area (Å²) in [5.41, 5.74) is 1.64. The fourth-order valence-electron chi connectivity index (χ4n) is 3.59. The van der Waals surface area contributed by atoms with Crippen LogP contribution in [-0.4, -0.2) is 46.7 Å². The van der Waals surface area contributed by atoms with Crippen LogP contribution in [0, 0.1) is 11.6 Å². The SMILES string of the molecule is COc1c([C@@H]2C[C@@](C)(C(F)(F)F)O[C@H]2C(=O)N=c2ccn(O)c(C(N)=O)c2)ccc(F)c1F. The first-order valence-corrected chi connectivity index (χ1v) is 9.36. The van der Waals surface area contributed by atoms with Crippen molar-refractivity contribution < 1.29 is 46.2 Å². The minimum Gasteiger partial charge on any atom is -0.493 e. The molecular weight excluding hydrogens is 457 g/mol. The first kappa shape index (κ1) is 24.2. The van der Waals surface area contributed by atoms with Crippen LogP contribution in [0.3, 0.4) is 0 Å². The lowest BCUT2D eigenvalue weighted by Gasteiger charge is -2.26. The smallest absolute Gasteiger partial charge is 0.417 e. The Labute approximate surface area is 183 Å². The summed E-state index contributed by atoms with van der Waals surface area (Å²) < 4.78 is 79.3. The number of benzene rings is 1. The molecule has 0 aliphatic carbocycles. The fourth-order valence-corrected chi connectivity index (χ4v) is 3.59. The summed E-state index contributed by atoms with van der Waals surface area (Å²) in [6.07, 6.45) is -6.62. The number of aromatic nitrogens is 1. The molecule has 178 valence electrons. The third-order valence-electron chi connectivity index (χ3n) is 5.30. The summed E-state index contributed by atoms with van der Waals surface area (Å²) in [7, 11) is 1.00. The molecule has 2 amide bonds. The maximum absolute atomic E-state index is 14.2. The molecule has 2 heterocycles. The number of alkyl halides is 3. The second-order valence-electron chi connectivity index (χ2n) is 7.49. The van der Waals surface area contributed by atoms with Crippen LogP contribution in [0.15, 0.2) is 35.5 Å². The minimum atomic E-state index is -4.90. The molecule has 0 bridgehead atoms. The molecule has 1 aromatic carbocycles. The Bertz CT molecular complexity index is 1180. The largest absolute Gasteiger partial charge is 0.493 e. The number of hydrogen-bond donors (Lipinski definition) is 2. The quantitative estimate of drug-likeness (QED) is 0.521. The van der Waals surface area contributed by atoms with Crippen molar-refractivity contribution in [1.82, 2.24) is 4.73 Å². The summed E-state index contributed by atoms with van der Waals surface area (Å²) in [5, 5.41) is 9.36. The number of primary amides is 1. The molecule has 2 aromatic rings. The van der Waals surface area contributed by atoms with Crippen molar-refractivity contribution in [2.24, 2.45) is 10.7 Å². The average molecular weight is 475 g/mol. The van der Waals surface area contributed by atoms with Gasteiger partial charge in [0, 0.05) is 17.7 Å². The molecular formula is C20H18F5N3O5. The van der Waals surface area contributed by atoms with Gasteiger partial charge in [-0.15, -0.1) is 0 Å². The molecule has 1 aliphatic heterocycles. The highest BCUT2D eigenvalue weighted by Gasteiger charge is 2.61. The number of amides is 2. The van der Waals surface area contributed by atoms with E-state index < -0.39 is 65.1 Å². The van der Waals surface area contributed by atoms with Gasteiger partial charge in [0.2, 0.25) is 5.82 Å². The number of rotatable bonds is 4. The molecule has 0 saturated carbocycles. The van der Waals surface area contributed by atoms with Gasteiger partial charge in [0.15, 0.2) is 17.2 Å². The zero-order chi connectivity index (χ0) is 24.7. The summed E-state index contributed by atoms with van der Waals surface area (Å²) >= 11 is 0. The van der Waals surface area contributed by atoms with Crippen molar-refractivity contribution in [3.05, 3.63) is 58.7 Å². The Morgan fingerprint density at radius 1 is 1.30 bits per heavy atom. The maximum Gasteiger partial charge on any atom is 0.417 e. The van der Waals surface area contributed by atoms with Crippen molar-refractivity contribution in [3.63, 3.8) is 0 Å². The fraction of sp³-hybridized carbons (Fsp3) is 0.350. The molecule has 33 heavy (non-hydrogen) atoms. The average Bonchev–Trinajstić information content (AvgIpc) is 3.10. The molecule has 13 heteroatoms. The van der Waals surface area contributed by atoms with Crippen molar-refractivity contribution in [2.45, 2.75) is 37.1 Å². The second-order valence-corrected chi connectivity index (χ2v) is 7.49. The number of nitrogens with two attached hydrogens (primary N) is 1. The van der Waals surface area contributed by atoms with Gasteiger partial charge in [-0.05, 0) is 31.5 Å². The van der Waals surface area contributed by atoms with Gasteiger partial charge in [-0.2, -0.15) is 22.3 Å². The van der Waals surface area contributed by atoms with Crippen molar-refractivity contribution >= 4 is 11.8 Å². The Balaban J connectivity index is 2.12. The van der Waals surface area contributed by atoms with E-state index in [0.717, 1.165) is 38.4 Å². The zero-order valence-electron chi connectivity index (χ0n) is 17.2. The number of nitrogens with zero attached hydrogens (tertiary/aromatic N) is 2. The van der Waals surface area contributed by atoms with Gasteiger partial charge in [0.05, 0.1) is 12.5 Å². The van der Waals surface area contributed by atoms with Crippen molar-refractivity contribution in [2.75, 3.05) is 7.11 Å². The number of carbonyl (C=O) groups excluding carboxylic acids is 2. The molecule has 1 saturated heterocycles. The van der Waals surface area contributed by atoms with E-state index in [1.807, 2.05) is 0 Å². The zero-order valence-corrected chi connectivity index (χ0v) is 17.2. The highest BCUT2D eigenvalue weighted by molar-refractivity contribution is 5.91. The first-order valence-electron chi connectivity index (χ1n) is 9.36. The highest BCUT2D eigenvalue weighted by Crippen LogP contribution is 2.51. The minimum absolute atomic E-state index is 0.209. The predicted molar refractivity (Wildman–Crippen MR) is 100 cm³/mol. The van der Waals surface area contributed by atoms with Gasteiger partial charge in [-0.1, -0.05) is 6.07 Å².